The van der Waals surface area contributed by atoms with E-state index in [9.17, 15) is 5.11 Å². The molecule has 0 aliphatic heterocycles. The summed E-state index contributed by atoms with van der Waals surface area (Å²) in [5.41, 5.74) is 0.289. The van der Waals surface area contributed by atoms with Crippen molar-refractivity contribution in [2.24, 2.45) is 5.41 Å². The van der Waals surface area contributed by atoms with Crippen LogP contribution in [0, 0.1) is 5.41 Å². The maximum atomic E-state index is 10.6. The molecule has 82 valence electrons. The summed E-state index contributed by atoms with van der Waals surface area (Å²) in [7, 11) is 0. The van der Waals surface area contributed by atoms with Crippen LogP contribution in [0.3, 0.4) is 0 Å². The SMILES string of the molecule is CC1=CCCC(C)(C)C1(O)CCCO. The lowest BCUT2D eigenvalue weighted by atomic mass is 9.63. The van der Waals surface area contributed by atoms with E-state index in [2.05, 4.69) is 19.9 Å². The van der Waals surface area contributed by atoms with Crippen LogP contribution in [0.4, 0.5) is 0 Å². The Morgan fingerprint density at radius 1 is 1.43 bits per heavy atom. The van der Waals surface area contributed by atoms with Gasteiger partial charge in [-0.3, -0.25) is 0 Å². The molecule has 0 saturated heterocycles. The second kappa shape index (κ2) is 4.03. The molecular weight excluding hydrogens is 176 g/mol. The summed E-state index contributed by atoms with van der Waals surface area (Å²) < 4.78 is 0. The van der Waals surface area contributed by atoms with Gasteiger partial charge >= 0.3 is 0 Å². The van der Waals surface area contributed by atoms with E-state index in [4.69, 9.17) is 5.11 Å². The molecule has 0 heterocycles. The topological polar surface area (TPSA) is 40.5 Å². The number of aliphatic hydroxyl groups excluding tert-OH is 1. The summed E-state index contributed by atoms with van der Waals surface area (Å²) in [6.45, 7) is 6.38. The van der Waals surface area contributed by atoms with Gasteiger partial charge in [0, 0.05) is 6.61 Å². The predicted octanol–water partition coefficient (Wildman–Crippen LogP) is 2.26. The largest absolute Gasteiger partial charge is 0.396 e. The number of hydrogen-bond donors (Lipinski definition) is 2. The highest BCUT2D eigenvalue weighted by atomic mass is 16.3. The zero-order valence-corrected chi connectivity index (χ0v) is 9.51. The molecule has 0 aromatic carbocycles. The predicted molar refractivity (Wildman–Crippen MR) is 58.0 cm³/mol. The van der Waals surface area contributed by atoms with Crippen LogP contribution in [0.1, 0.15) is 46.5 Å². The van der Waals surface area contributed by atoms with Gasteiger partial charge in [0.15, 0.2) is 0 Å². The summed E-state index contributed by atoms with van der Waals surface area (Å²) in [6, 6.07) is 0. The highest BCUT2D eigenvalue weighted by Crippen LogP contribution is 2.46. The van der Waals surface area contributed by atoms with Crippen LogP contribution >= 0.6 is 0 Å². The smallest absolute Gasteiger partial charge is 0.0905 e. The molecule has 1 atom stereocenters. The van der Waals surface area contributed by atoms with E-state index in [0.717, 1.165) is 18.4 Å². The molecule has 0 fully saturated rings. The van der Waals surface area contributed by atoms with Crippen molar-refractivity contribution < 1.29 is 10.2 Å². The number of rotatable bonds is 3. The zero-order valence-electron chi connectivity index (χ0n) is 9.51. The molecule has 2 heteroatoms. The van der Waals surface area contributed by atoms with Crippen molar-refractivity contribution in [1.82, 2.24) is 0 Å². The Morgan fingerprint density at radius 3 is 2.57 bits per heavy atom. The van der Waals surface area contributed by atoms with E-state index < -0.39 is 5.60 Å². The third kappa shape index (κ3) is 1.86. The van der Waals surface area contributed by atoms with Gasteiger partial charge < -0.3 is 10.2 Å². The maximum absolute atomic E-state index is 10.6. The normalized spacial score (nSPS) is 31.4. The van der Waals surface area contributed by atoms with Crippen molar-refractivity contribution in [2.45, 2.75) is 52.1 Å². The highest BCUT2D eigenvalue weighted by Gasteiger charge is 2.45. The Kier molecular flexibility index (Phi) is 3.38. The van der Waals surface area contributed by atoms with E-state index in [1.54, 1.807) is 0 Å². The van der Waals surface area contributed by atoms with Gasteiger partial charge in [0.1, 0.15) is 0 Å². The first-order valence-electron chi connectivity index (χ1n) is 5.44. The summed E-state index contributed by atoms with van der Waals surface area (Å²) in [5.74, 6) is 0. The van der Waals surface area contributed by atoms with Crippen molar-refractivity contribution in [3.05, 3.63) is 11.6 Å². The molecular formula is C12H22O2. The first-order chi connectivity index (χ1) is 6.44. The molecule has 0 amide bonds. The third-order valence-electron chi connectivity index (χ3n) is 3.69. The van der Waals surface area contributed by atoms with Crippen molar-refractivity contribution in [1.29, 1.82) is 0 Å². The lowest BCUT2D eigenvalue weighted by Crippen LogP contribution is -2.47. The molecule has 1 aliphatic rings. The van der Waals surface area contributed by atoms with Gasteiger partial charge in [-0.25, -0.2) is 0 Å². The first kappa shape index (κ1) is 11.7. The van der Waals surface area contributed by atoms with Crippen LogP contribution in [0.5, 0.6) is 0 Å². The fraction of sp³-hybridized carbons (Fsp3) is 0.833. The summed E-state index contributed by atoms with van der Waals surface area (Å²) >= 11 is 0. The summed E-state index contributed by atoms with van der Waals surface area (Å²) in [6.07, 6.45) is 5.54. The Balaban J connectivity index is 2.87. The molecule has 1 unspecified atom stereocenters. The van der Waals surface area contributed by atoms with Gasteiger partial charge in [0.25, 0.3) is 0 Å². The number of hydrogen-bond acceptors (Lipinski definition) is 2. The van der Waals surface area contributed by atoms with Gasteiger partial charge in [-0.05, 0) is 43.6 Å². The Hall–Kier alpha value is -0.340. The van der Waals surface area contributed by atoms with Crippen molar-refractivity contribution in [2.75, 3.05) is 6.61 Å². The second-order valence-electron chi connectivity index (χ2n) is 5.00. The monoisotopic (exact) mass is 198 g/mol. The van der Waals surface area contributed by atoms with Crippen LogP contribution < -0.4 is 0 Å². The standard InChI is InChI=1S/C12H22O2/c1-10-6-4-7-11(2,3)12(10,14)8-5-9-13/h6,13-14H,4-5,7-9H2,1-3H3. The van der Waals surface area contributed by atoms with E-state index in [0.29, 0.717) is 12.8 Å². The Morgan fingerprint density at radius 2 is 2.07 bits per heavy atom. The van der Waals surface area contributed by atoms with E-state index in [1.165, 1.54) is 0 Å². The summed E-state index contributed by atoms with van der Waals surface area (Å²) in [5, 5.41) is 19.5. The van der Waals surface area contributed by atoms with Crippen LogP contribution in [0.25, 0.3) is 0 Å². The minimum absolute atomic E-state index is 0.0684. The Bertz CT molecular complexity index is 230. The average molecular weight is 198 g/mol. The van der Waals surface area contributed by atoms with E-state index in [1.807, 2.05) is 6.92 Å². The van der Waals surface area contributed by atoms with Crippen molar-refractivity contribution in [3.63, 3.8) is 0 Å². The molecule has 0 radical (unpaired) electrons. The van der Waals surface area contributed by atoms with E-state index in [-0.39, 0.29) is 12.0 Å². The highest BCUT2D eigenvalue weighted by molar-refractivity contribution is 5.22. The Labute approximate surface area is 86.6 Å². The van der Waals surface area contributed by atoms with Gasteiger partial charge in [-0.15, -0.1) is 0 Å². The number of allylic oxidation sites excluding steroid dienone is 1. The molecule has 0 aromatic heterocycles. The fourth-order valence-electron chi connectivity index (χ4n) is 2.43. The van der Waals surface area contributed by atoms with Crippen molar-refractivity contribution in [3.8, 4) is 0 Å². The van der Waals surface area contributed by atoms with Crippen LogP contribution in [-0.2, 0) is 0 Å². The number of aliphatic hydroxyl groups is 2. The van der Waals surface area contributed by atoms with E-state index >= 15 is 0 Å². The summed E-state index contributed by atoms with van der Waals surface area (Å²) in [4.78, 5) is 0. The maximum Gasteiger partial charge on any atom is 0.0905 e. The lowest BCUT2D eigenvalue weighted by Gasteiger charge is -2.46. The molecule has 2 nitrogen and oxygen atoms in total. The quantitative estimate of drug-likeness (QED) is 0.683. The molecule has 0 aromatic rings. The lowest BCUT2D eigenvalue weighted by molar-refractivity contribution is -0.0551. The van der Waals surface area contributed by atoms with Gasteiger partial charge in [0.05, 0.1) is 5.60 Å². The second-order valence-corrected chi connectivity index (χ2v) is 5.00. The molecule has 1 aliphatic carbocycles. The molecule has 0 bridgehead atoms. The van der Waals surface area contributed by atoms with Gasteiger partial charge in [0.2, 0.25) is 0 Å². The molecule has 1 rings (SSSR count). The minimum atomic E-state index is -0.714. The third-order valence-corrected chi connectivity index (χ3v) is 3.69. The molecule has 0 saturated carbocycles. The van der Waals surface area contributed by atoms with Crippen LogP contribution in [0.15, 0.2) is 11.6 Å². The van der Waals surface area contributed by atoms with Crippen molar-refractivity contribution >= 4 is 0 Å². The molecule has 2 N–H and O–H groups in total. The van der Waals surface area contributed by atoms with Gasteiger partial charge in [-0.1, -0.05) is 19.9 Å². The fourth-order valence-corrected chi connectivity index (χ4v) is 2.43. The van der Waals surface area contributed by atoms with Crippen LogP contribution in [-0.4, -0.2) is 22.4 Å². The molecule has 14 heavy (non-hydrogen) atoms. The molecule has 0 spiro atoms. The minimum Gasteiger partial charge on any atom is -0.396 e. The first-order valence-corrected chi connectivity index (χ1v) is 5.44. The average Bonchev–Trinajstić information content (AvgIpc) is 2.11. The van der Waals surface area contributed by atoms with Gasteiger partial charge in [-0.2, -0.15) is 0 Å². The zero-order chi connectivity index (χ0) is 10.8. The van der Waals surface area contributed by atoms with Crippen LogP contribution in [0.2, 0.25) is 0 Å².